The number of aliphatic hydroxyl groups excluding tert-OH is 1. The largest absolute Gasteiger partial charge is 0.465 e. The first-order chi connectivity index (χ1) is 16.8. The zero-order valence-corrected chi connectivity index (χ0v) is 21.8. The summed E-state index contributed by atoms with van der Waals surface area (Å²) in [6.45, 7) is 10.6. The second-order valence-electron chi connectivity index (χ2n) is 10.7. The van der Waals surface area contributed by atoms with E-state index in [4.69, 9.17) is 4.74 Å². The lowest BCUT2D eigenvalue weighted by Crippen LogP contribution is -2.57. The second kappa shape index (κ2) is 10.7. The third-order valence-corrected chi connectivity index (χ3v) is 10.5. The molecule has 2 bridgehead atoms. The maximum Gasteiger partial charge on any atom is 0.311 e. The molecule has 1 saturated carbocycles. The zero-order chi connectivity index (χ0) is 25.2. The molecule has 0 aromatic heterocycles. The lowest BCUT2D eigenvalue weighted by atomic mass is 9.66. The molecule has 0 aromatic carbocycles. The summed E-state index contributed by atoms with van der Waals surface area (Å²) in [5.74, 6) is -1.65. The van der Waals surface area contributed by atoms with Gasteiger partial charge in [0.05, 0.1) is 23.2 Å². The monoisotopic (exact) mass is 504 g/mol. The quantitative estimate of drug-likeness (QED) is 0.264. The molecular formula is C27H40N2O5S. The average molecular weight is 505 g/mol. The van der Waals surface area contributed by atoms with E-state index in [1.807, 2.05) is 4.90 Å². The number of rotatable bonds is 11. The maximum atomic E-state index is 14.4. The van der Waals surface area contributed by atoms with E-state index in [9.17, 15) is 19.5 Å². The van der Waals surface area contributed by atoms with Crippen LogP contribution in [0.1, 0.15) is 64.7 Å². The molecule has 4 rings (SSSR count). The second-order valence-corrected chi connectivity index (χ2v) is 12.5. The van der Waals surface area contributed by atoms with Gasteiger partial charge in [-0.15, -0.1) is 24.9 Å². The van der Waals surface area contributed by atoms with Crippen LogP contribution in [0.15, 0.2) is 25.3 Å². The van der Waals surface area contributed by atoms with E-state index in [-0.39, 0.29) is 37.0 Å². The highest BCUT2D eigenvalue weighted by Crippen LogP contribution is 2.71. The van der Waals surface area contributed by atoms with Crippen molar-refractivity contribution in [3.05, 3.63) is 25.3 Å². The van der Waals surface area contributed by atoms with E-state index < -0.39 is 27.4 Å². The molecule has 4 fully saturated rings. The van der Waals surface area contributed by atoms with Crippen molar-refractivity contribution in [2.24, 2.45) is 11.8 Å². The van der Waals surface area contributed by atoms with E-state index in [0.29, 0.717) is 25.9 Å². The Bertz CT molecular complexity index is 859. The number of esters is 1. The Labute approximate surface area is 213 Å². The summed E-state index contributed by atoms with van der Waals surface area (Å²) in [4.78, 5) is 45.2. The number of hydrogen-bond donors (Lipinski definition) is 1. The summed E-state index contributed by atoms with van der Waals surface area (Å²) in [7, 11) is 0. The minimum atomic E-state index is -0.644. The van der Waals surface area contributed by atoms with Gasteiger partial charge in [0.1, 0.15) is 6.04 Å². The van der Waals surface area contributed by atoms with Gasteiger partial charge in [0.2, 0.25) is 11.8 Å². The lowest BCUT2D eigenvalue weighted by Gasteiger charge is -2.41. The van der Waals surface area contributed by atoms with Crippen LogP contribution >= 0.6 is 11.8 Å². The van der Waals surface area contributed by atoms with Gasteiger partial charge in [0.15, 0.2) is 0 Å². The van der Waals surface area contributed by atoms with Crippen LogP contribution in [0.4, 0.5) is 0 Å². The molecule has 2 unspecified atom stereocenters. The highest BCUT2D eigenvalue weighted by molar-refractivity contribution is 8.02. The number of fused-ring (bicyclic) bond motifs is 1. The predicted molar refractivity (Wildman–Crippen MR) is 137 cm³/mol. The average Bonchev–Trinajstić information content (AvgIpc) is 3.42. The first-order valence-corrected chi connectivity index (χ1v) is 14.0. The Morgan fingerprint density at radius 3 is 2.63 bits per heavy atom. The number of ether oxygens (including phenoxy) is 1. The molecule has 1 spiro atoms. The number of thioether (sulfide) groups is 1. The number of nitrogens with zero attached hydrogens (tertiary/aromatic N) is 2. The maximum absolute atomic E-state index is 14.4. The zero-order valence-electron chi connectivity index (χ0n) is 21.0. The Kier molecular flexibility index (Phi) is 8.01. The summed E-state index contributed by atoms with van der Waals surface area (Å²) in [5.41, 5.74) is 0. The molecule has 0 radical (unpaired) electrons. The minimum absolute atomic E-state index is 0.0250. The van der Waals surface area contributed by atoms with Crippen molar-refractivity contribution < 1.29 is 24.2 Å². The van der Waals surface area contributed by atoms with Crippen LogP contribution in [-0.2, 0) is 19.1 Å². The van der Waals surface area contributed by atoms with Crippen molar-refractivity contribution in [2.75, 3.05) is 26.3 Å². The Morgan fingerprint density at radius 2 is 1.97 bits per heavy atom. The molecule has 35 heavy (non-hydrogen) atoms. The Balaban J connectivity index is 1.70. The van der Waals surface area contributed by atoms with Crippen LogP contribution in [0.25, 0.3) is 0 Å². The summed E-state index contributed by atoms with van der Waals surface area (Å²) < 4.78 is 4.51. The van der Waals surface area contributed by atoms with Crippen molar-refractivity contribution in [1.29, 1.82) is 0 Å². The van der Waals surface area contributed by atoms with Gasteiger partial charge in [-0.05, 0) is 45.4 Å². The molecule has 3 aliphatic heterocycles. The number of aliphatic hydroxyl groups is 1. The predicted octanol–water partition coefficient (Wildman–Crippen LogP) is 3.32. The molecule has 1 aliphatic carbocycles. The standard InChI is InChI=1S/C27H40N2O5S/c1-4-6-18-34-25(33)21-20-23(31)29(16-10-17-30)22(27(20)14-13-26(21,3)35-27)24(32)28(15-5-2)19-11-8-7-9-12-19/h4-5,19-22,30H,1-2,6-18H2,3H3/t20-,21-,22?,26+,27?/m0/s1. The van der Waals surface area contributed by atoms with E-state index in [2.05, 4.69) is 20.1 Å². The van der Waals surface area contributed by atoms with E-state index in [1.165, 1.54) is 6.42 Å². The van der Waals surface area contributed by atoms with Crippen LogP contribution in [0, 0.1) is 11.8 Å². The van der Waals surface area contributed by atoms with Crippen LogP contribution < -0.4 is 0 Å². The van der Waals surface area contributed by atoms with Gasteiger partial charge >= 0.3 is 5.97 Å². The third kappa shape index (κ3) is 4.45. The molecule has 5 atom stereocenters. The van der Waals surface area contributed by atoms with Crippen molar-refractivity contribution in [1.82, 2.24) is 9.80 Å². The number of amides is 2. The van der Waals surface area contributed by atoms with Gasteiger partial charge in [-0.2, -0.15) is 0 Å². The van der Waals surface area contributed by atoms with E-state index in [1.54, 1.807) is 28.8 Å². The normalized spacial score (nSPS) is 34.1. The highest BCUT2D eigenvalue weighted by atomic mass is 32.2. The molecule has 1 N–H and O–H groups in total. The van der Waals surface area contributed by atoms with Gasteiger partial charge in [-0.3, -0.25) is 14.4 Å². The van der Waals surface area contributed by atoms with Crippen molar-refractivity contribution in [2.45, 2.75) is 86.3 Å². The molecule has 2 amide bonds. The van der Waals surface area contributed by atoms with Gasteiger partial charge in [0.25, 0.3) is 0 Å². The van der Waals surface area contributed by atoms with Gasteiger partial charge < -0.3 is 19.6 Å². The number of carbonyl (C=O) groups is 3. The summed E-state index contributed by atoms with van der Waals surface area (Å²) in [6, 6.07) is -0.482. The van der Waals surface area contributed by atoms with E-state index in [0.717, 1.165) is 38.5 Å². The molecular weight excluding hydrogens is 464 g/mol. The summed E-state index contributed by atoms with van der Waals surface area (Å²) in [5, 5.41) is 9.54. The van der Waals surface area contributed by atoms with Crippen LogP contribution in [-0.4, -0.2) is 80.6 Å². The van der Waals surface area contributed by atoms with E-state index >= 15 is 0 Å². The fraction of sp³-hybridized carbons (Fsp3) is 0.741. The Hall–Kier alpha value is -1.80. The van der Waals surface area contributed by atoms with Gasteiger partial charge in [-0.1, -0.05) is 31.4 Å². The minimum Gasteiger partial charge on any atom is -0.465 e. The third-order valence-electron chi connectivity index (χ3n) is 8.51. The van der Waals surface area contributed by atoms with Crippen molar-refractivity contribution in [3.63, 3.8) is 0 Å². The topological polar surface area (TPSA) is 87.1 Å². The smallest absolute Gasteiger partial charge is 0.311 e. The summed E-state index contributed by atoms with van der Waals surface area (Å²) in [6.07, 6.45) is 11.3. The van der Waals surface area contributed by atoms with Gasteiger partial charge in [0, 0.05) is 30.5 Å². The number of likely N-dealkylation sites (tertiary alicyclic amines) is 1. The molecule has 3 heterocycles. The van der Waals surface area contributed by atoms with Crippen molar-refractivity contribution in [3.8, 4) is 0 Å². The highest BCUT2D eigenvalue weighted by Gasteiger charge is 2.77. The first-order valence-electron chi connectivity index (χ1n) is 13.1. The van der Waals surface area contributed by atoms with Crippen molar-refractivity contribution >= 4 is 29.5 Å². The lowest BCUT2D eigenvalue weighted by molar-refractivity contribution is -0.155. The van der Waals surface area contributed by atoms with Crippen LogP contribution in [0.2, 0.25) is 0 Å². The van der Waals surface area contributed by atoms with Crippen LogP contribution in [0.3, 0.4) is 0 Å². The fourth-order valence-corrected chi connectivity index (χ4v) is 9.32. The SMILES string of the molecule is C=CCCOC(=O)[C@@H]1[C@H]2C(=O)N(CCCO)C(C(=O)N(CC=C)C3CCCCC3)C23CC[C@@]1(C)S3. The van der Waals surface area contributed by atoms with Crippen LogP contribution in [0.5, 0.6) is 0 Å². The molecule has 7 nitrogen and oxygen atoms in total. The Morgan fingerprint density at radius 1 is 1.23 bits per heavy atom. The number of hydrogen-bond acceptors (Lipinski definition) is 6. The molecule has 8 heteroatoms. The molecule has 4 aliphatic rings. The van der Waals surface area contributed by atoms with Gasteiger partial charge in [-0.25, -0.2) is 0 Å². The fourth-order valence-electron chi connectivity index (χ4n) is 6.98. The first kappa shape index (κ1) is 26.3. The molecule has 194 valence electrons. The molecule has 0 aromatic rings. The summed E-state index contributed by atoms with van der Waals surface area (Å²) >= 11 is 1.67. The molecule has 3 saturated heterocycles. The number of carbonyl (C=O) groups excluding carboxylic acids is 3.